The van der Waals surface area contributed by atoms with Crippen LogP contribution in [0.3, 0.4) is 0 Å². The molecule has 0 bridgehead atoms. The molecule has 1 saturated heterocycles. The molecule has 30 heavy (non-hydrogen) atoms. The number of hydrogen-bond donors (Lipinski definition) is 1. The first-order valence-electron chi connectivity index (χ1n) is 11.1. The summed E-state index contributed by atoms with van der Waals surface area (Å²) in [4.78, 5) is 11.5. The minimum absolute atomic E-state index is 0.0951. The lowest BCUT2D eigenvalue weighted by Crippen LogP contribution is -2.21. The van der Waals surface area contributed by atoms with Crippen LogP contribution in [-0.4, -0.2) is 41.8 Å². The Morgan fingerprint density at radius 3 is 2.63 bits per heavy atom. The summed E-state index contributed by atoms with van der Waals surface area (Å²) in [6.07, 6.45) is 16.1. The normalized spacial score (nSPS) is 21.9. The zero-order valence-corrected chi connectivity index (χ0v) is 18.9. The molecule has 0 spiro atoms. The van der Waals surface area contributed by atoms with Crippen LogP contribution in [0, 0.1) is 11.8 Å². The second-order valence-electron chi connectivity index (χ2n) is 7.79. The molecule has 5 heteroatoms. The highest BCUT2D eigenvalue weighted by Crippen LogP contribution is 2.31. The molecule has 0 saturated carbocycles. The number of aliphatic hydroxyl groups is 1. The second kappa shape index (κ2) is 15.0. The Morgan fingerprint density at radius 2 is 1.90 bits per heavy atom. The lowest BCUT2D eigenvalue weighted by Gasteiger charge is -2.16. The topological polar surface area (TPSA) is 65.0 Å². The van der Waals surface area contributed by atoms with Gasteiger partial charge in [-0.05, 0) is 58.3 Å². The third kappa shape index (κ3) is 12.0. The Balaban J connectivity index is 2.42. The Labute approximate surface area is 182 Å². The van der Waals surface area contributed by atoms with E-state index in [0.717, 1.165) is 32.1 Å². The monoisotopic (exact) mass is 418 g/mol. The van der Waals surface area contributed by atoms with Crippen LogP contribution in [-0.2, 0) is 19.0 Å². The molecule has 1 heterocycles. The molecule has 1 aliphatic heterocycles. The molecule has 1 aliphatic rings. The minimum Gasteiger partial charge on any atom is -0.466 e. The molecule has 1 N–H and O–H groups in total. The molecule has 168 valence electrons. The van der Waals surface area contributed by atoms with Crippen molar-refractivity contribution in [3.63, 3.8) is 0 Å². The molecule has 1 rings (SSSR count). The van der Waals surface area contributed by atoms with E-state index in [1.54, 1.807) is 25.2 Å². The first kappa shape index (κ1) is 26.2. The molecule has 3 atom stereocenters. The van der Waals surface area contributed by atoms with Crippen LogP contribution in [0.25, 0.3) is 0 Å². The van der Waals surface area contributed by atoms with E-state index in [4.69, 9.17) is 14.2 Å². The van der Waals surface area contributed by atoms with Gasteiger partial charge >= 0.3 is 5.97 Å². The number of rotatable bonds is 12. The molecule has 0 amide bonds. The van der Waals surface area contributed by atoms with E-state index in [-0.39, 0.29) is 18.2 Å². The maximum Gasteiger partial charge on any atom is 0.305 e. The molecular formula is C25H38O5. The van der Waals surface area contributed by atoms with Crippen LogP contribution in [0.2, 0.25) is 0 Å². The summed E-state index contributed by atoms with van der Waals surface area (Å²) < 4.78 is 16.9. The Bertz CT molecular complexity index is 636. The number of ether oxygens (including phenoxy) is 3. The van der Waals surface area contributed by atoms with Gasteiger partial charge in [0.15, 0.2) is 5.79 Å². The largest absolute Gasteiger partial charge is 0.466 e. The minimum atomic E-state index is -0.643. The van der Waals surface area contributed by atoms with Crippen molar-refractivity contribution in [2.45, 2.75) is 96.7 Å². The maximum atomic E-state index is 11.5. The van der Waals surface area contributed by atoms with Gasteiger partial charge in [0.25, 0.3) is 0 Å². The Kier molecular flexibility index (Phi) is 13.1. The summed E-state index contributed by atoms with van der Waals surface area (Å²) in [5.41, 5.74) is 0. The number of hydrogen-bond acceptors (Lipinski definition) is 5. The van der Waals surface area contributed by atoms with Crippen molar-refractivity contribution in [2.75, 3.05) is 6.61 Å². The third-order valence-corrected chi connectivity index (χ3v) is 4.58. The van der Waals surface area contributed by atoms with Crippen molar-refractivity contribution in [3.05, 3.63) is 36.5 Å². The van der Waals surface area contributed by atoms with Gasteiger partial charge < -0.3 is 19.3 Å². The smallest absolute Gasteiger partial charge is 0.305 e. The highest BCUT2D eigenvalue weighted by Gasteiger charge is 2.39. The Hall–Kier alpha value is -1.87. The van der Waals surface area contributed by atoms with Crippen LogP contribution < -0.4 is 0 Å². The Morgan fingerprint density at radius 1 is 1.13 bits per heavy atom. The molecule has 1 fully saturated rings. The molecule has 0 radical (unpaired) electrons. The predicted octanol–water partition coefficient (Wildman–Crippen LogP) is 4.85. The van der Waals surface area contributed by atoms with E-state index in [0.29, 0.717) is 19.4 Å². The first-order valence-corrected chi connectivity index (χ1v) is 11.1. The molecular weight excluding hydrogens is 380 g/mol. The van der Waals surface area contributed by atoms with Crippen molar-refractivity contribution >= 4 is 5.97 Å². The van der Waals surface area contributed by atoms with E-state index in [1.165, 1.54) is 0 Å². The summed E-state index contributed by atoms with van der Waals surface area (Å²) >= 11 is 0. The zero-order chi connectivity index (χ0) is 22.2. The van der Waals surface area contributed by atoms with Crippen LogP contribution in [0.5, 0.6) is 0 Å². The fraction of sp³-hybridized carbons (Fsp3) is 0.640. The average molecular weight is 419 g/mol. The quantitative estimate of drug-likeness (QED) is 0.212. The van der Waals surface area contributed by atoms with E-state index in [1.807, 2.05) is 32.1 Å². The van der Waals surface area contributed by atoms with Crippen LogP contribution in [0.1, 0.15) is 72.6 Å². The highest BCUT2D eigenvalue weighted by atomic mass is 16.7. The number of allylic oxidation sites excluding steroid dienone is 4. The second-order valence-corrected chi connectivity index (χ2v) is 7.79. The van der Waals surface area contributed by atoms with E-state index in [2.05, 4.69) is 18.8 Å². The summed E-state index contributed by atoms with van der Waals surface area (Å²) in [6.45, 7) is 8.15. The molecule has 0 aliphatic carbocycles. The van der Waals surface area contributed by atoms with Gasteiger partial charge in [0.1, 0.15) is 6.10 Å². The molecule has 5 nitrogen and oxygen atoms in total. The van der Waals surface area contributed by atoms with E-state index >= 15 is 0 Å². The predicted molar refractivity (Wildman–Crippen MR) is 120 cm³/mol. The summed E-state index contributed by atoms with van der Waals surface area (Å²) in [5, 5.41) is 9.79. The summed E-state index contributed by atoms with van der Waals surface area (Å²) in [5.74, 6) is 4.99. The molecule has 0 aromatic heterocycles. The number of aliphatic hydroxyl groups excluding tert-OH is 1. The fourth-order valence-corrected chi connectivity index (χ4v) is 3.16. The lowest BCUT2D eigenvalue weighted by molar-refractivity contribution is -0.145. The van der Waals surface area contributed by atoms with Crippen LogP contribution >= 0.6 is 0 Å². The van der Waals surface area contributed by atoms with E-state index < -0.39 is 11.9 Å². The van der Waals surface area contributed by atoms with Gasteiger partial charge in [-0.1, -0.05) is 56.3 Å². The van der Waals surface area contributed by atoms with Gasteiger partial charge in [-0.15, -0.1) is 0 Å². The van der Waals surface area contributed by atoms with Gasteiger partial charge in [-0.25, -0.2) is 0 Å². The van der Waals surface area contributed by atoms with E-state index in [9.17, 15) is 9.90 Å². The van der Waals surface area contributed by atoms with Gasteiger partial charge in [0.05, 0.1) is 18.8 Å². The molecule has 0 aromatic carbocycles. The number of esters is 1. The van der Waals surface area contributed by atoms with Gasteiger partial charge in [-0.3, -0.25) is 4.79 Å². The highest BCUT2D eigenvalue weighted by molar-refractivity contribution is 5.69. The lowest BCUT2D eigenvalue weighted by atomic mass is 10.1. The molecule has 1 unspecified atom stereocenters. The van der Waals surface area contributed by atoms with Crippen LogP contribution in [0.4, 0.5) is 0 Å². The van der Waals surface area contributed by atoms with Gasteiger partial charge in [-0.2, -0.15) is 0 Å². The van der Waals surface area contributed by atoms with Gasteiger partial charge in [0, 0.05) is 6.42 Å². The number of carbonyl (C=O) groups is 1. The summed E-state index contributed by atoms with van der Waals surface area (Å²) in [7, 11) is 0. The maximum absolute atomic E-state index is 11.5. The van der Waals surface area contributed by atoms with Gasteiger partial charge in [0.2, 0.25) is 0 Å². The first-order chi connectivity index (χ1) is 14.4. The number of unbranched alkanes of at least 4 members (excludes halogenated alkanes) is 2. The van der Waals surface area contributed by atoms with Crippen molar-refractivity contribution in [1.29, 1.82) is 0 Å². The standard InChI is InChI=1S/C25H38O5/c1-5-7-12-16-21(26)17-13-10-8-9-11-14-18-22-23(30-25(3,4)29-22)19-15-20-24(27)28-6-2/h9,11,13-14,17-18,21-23,26H,5-7,12,15-16,19-20H2,1-4H3/b11-9+,17-13+,18-14+/t21?,22-,23+/m1/s1. The average Bonchev–Trinajstić information content (AvgIpc) is 2.98. The van der Waals surface area contributed by atoms with Crippen molar-refractivity contribution in [2.24, 2.45) is 0 Å². The third-order valence-electron chi connectivity index (χ3n) is 4.58. The van der Waals surface area contributed by atoms with Crippen molar-refractivity contribution < 1.29 is 24.1 Å². The SMILES string of the molecule is CCCCCC(O)/C=C/C#C/C=C/C=C/[C@H]1OC(C)(C)O[C@H]1CCCC(=O)OCC. The van der Waals surface area contributed by atoms with Crippen molar-refractivity contribution in [1.82, 2.24) is 0 Å². The van der Waals surface area contributed by atoms with Crippen LogP contribution in [0.15, 0.2) is 36.5 Å². The number of carbonyl (C=O) groups excluding carboxylic acids is 1. The zero-order valence-electron chi connectivity index (χ0n) is 18.9. The van der Waals surface area contributed by atoms with Crippen molar-refractivity contribution in [3.8, 4) is 11.8 Å². The summed E-state index contributed by atoms with van der Waals surface area (Å²) in [6, 6.07) is 0. The molecule has 0 aromatic rings. The fourth-order valence-electron chi connectivity index (χ4n) is 3.16.